The van der Waals surface area contributed by atoms with Crippen LogP contribution in [0, 0.1) is 10.1 Å². The third-order valence-corrected chi connectivity index (χ3v) is 4.48. The van der Waals surface area contributed by atoms with Gasteiger partial charge in [0.05, 0.1) is 15.6 Å². The number of halogens is 1. The van der Waals surface area contributed by atoms with Gasteiger partial charge in [-0.1, -0.05) is 23.7 Å². The van der Waals surface area contributed by atoms with Crippen molar-refractivity contribution >= 4 is 28.9 Å². The maximum atomic E-state index is 12.1. The van der Waals surface area contributed by atoms with E-state index in [-0.39, 0.29) is 23.0 Å². The van der Waals surface area contributed by atoms with Crippen LogP contribution in [0.25, 0.3) is 0 Å². The molecule has 0 radical (unpaired) electrons. The van der Waals surface area contributed by atoms with Crippen molar-refractivity contribution in [3.05, 3.63) is 62.7 Å². The van der Waals surface area contributed by atoms with Crippen molar-refractivity contribution in [2.24, 2.45) is 0 Å². The molecule has 0 spiro atoms. The number of carbonyl (C=O) groups is 1. The SMILES string of the molecule is O=C(COc1cccc2c1CCCC2)Nc1cc([N+](=O)[O-])ccc1Cl. The van der Waals surface area contributed by atoms with Crippen LogP contribution in [0.15, 0.2) is 36.4 Å². The lowest BCUT2D eigenvalue weighted by Crippen LogP contribution is -2.21. The molecule has 0 aliphatic heterocycles. The van der Waals surface area contributed by atoms with Crippen molar-refractivity contribution in [3.63, 3.8) is 0 Å². The van der Waals surface area contributed by atoms with Crippen molar-refractivity contribution in [3.8, 4) is 5.75 Å². The first-order valence-corrected chi connectivity index (χ1v) is 8.40. The van der Waals surface area contributed by atoms with Gasteiger partial charge in [0.2, 0.25) is 0 Å². The quantitative estimate of drug-likeness (QED) is 0.641. The van der Waals surface area contributed by atoms with Gasteiger partial charge in [0, 0.05) is 12.1 Å². The van der Waals surface area contributed by atoms with Gasteiger partial charge >= 0.3 is 0 Å². The molecule has 0 unspecified atom stereocenters. The Labute approximate surface area is 149 Å². The van der Waals surface area contributed by atoms with E-state index in [1.165, 1.54) is 30.2 Å². The number of benzene rings is 2. The third-order valence-electron chi connectivity index (χ3n) is 4.15. The number of hydrogen-bond acceptors (Lipinski definition) is 4. The summed E-state index contributed by atoms with van der Waals surface area (Å²) in [5, 5.41) is 13.6. The lowest BCUT2D eigenvalue weighted by Gasteiger charge is -2.19. The number of amides is 1. The summed E-state index contributed by atoms with van der Waals surface area (Å²) in [5.41, 5.74) is 2.48. The molecule has 1 aliphatic rings. The molecular formula is C18H17ClN2O4. The molecule has 1 aliphatic carbocycles. The van der Waals surface area contributed by atoms with Crippen LogP contribution in [-0.2, 0) is 17.6 Å². The Morgan fingerprint density at radius 2 is 2.04 bits per heavy atom. The normalized spacial score (nSPS) is 13.0. The first kappa shape index (κ1) is 17.2. The highest BCUT2D eigenvalue weighted by atomic mass is 35.5. The monoisotopic (exact) mass is 360 g/mol. The highest BCUT2D eigenvalue weighted by Crippen LogP contribution is 2.30. The number of nitrogens with zero attached hydrogens (tertiary/aromatic N) is 1. The molecule has 0 aromatic heterocycles. The lowest BCUT2D eigenvalue weighted by atomic mass is 9.91. The standard InChI is InChI=1S/C18H17ClN2O4/c19-15-9-8-13(21(23)24)10-16(15)20-18(22)11-25-17-7-3-5-12-4-1-2-6-14(12)17/h3,5,7-10H,1-2,4,6,11H2,(H,20,22). The molecule has 130 valence electrons. The van der Waals surface area contributed by atoms with E-state index in [2.05, 4.69) is 11.4 Å². The molecule has 0 heterocycles. The molecule has 2 aromatic carbocycles. The van der Waals surface area contributed by atoms with E-state index in [1.54, 1.807) is 0 Å². The maximum absolute atomic E-state index is 12.1. The summed E-state index contributed by atoms with van der Waals surface area (Å²) in [7, 11) is 0. The third kappa shape index (κ3) is 4.09. The number of nitro groups is 1. The molecule has 3 rings (SSSR count). The van der Waals surface area contributed by atoms with E-state index in [4.69, 9.17) is 16.3 Å². The number of non-ortho nitro benzene ring substituents is 1. The van der Waals surface area contributed by atoms with Crippen LogP contribution in [0.1, 0.15) is 24.0 Å². The smallest absolute Gasteiger partial charge is 0.271 e. The summed E-state index contributed by atoms with van der Waals surface area (Å²) in [6.45, 7) is -0.185. The summed E-state index contributed by atoms with van der Waals surface area (Å²) in [6.07, 6.45) is 4.26. The highest BCUT2D eigenvalue weighted by molar-refractivity contribution is 6.33. The van der Waals surface area contributed by atoms with Crippen LogP contribution >= 0.6 is 11.6 Å². The zero-order valence-electron chi connectivity index (χ0n) is 13.5. The van der Waals surface area contributed by atoms with E-state index in [0.717, 1.165) is 30.6 Å². The zero-order chi connectivity index (χ0) is 17.8. The van der Waals surface area contributed by atoms with Gasteiger partial charge in [0.1, 0.15) is 5.75 Å². The Hall–Kier alpha value is -2.60. The minimum Gasteiger partial charge on any atom is -0.483 e. The number of aryl methyl sites for hydroxylation is 1. The van der Waals surface area contributed by atoms with Crippen molar-refractivity contribution in [2.45, 2.75) is 25.7 Å². The van der Waals surface area contributed by atoms with Crippen LogP contribution in [0.4, 0.5) is 11.4 Å². The molecule has 25 heavy (non-hydrogen) atoms. The van der Waals surface area contributed by atoms with Gasteiger partial charge in [-0.25, -0.2) is 0 Å². The van der Waals surface area contributed by atoms with Gasteiger partial charge in [-0.05, 0) is 48.9 Å². The number of rotatable bonds is 5. The van der Waals surface area contributed by atoms with Crippen molar-refractivity contribution < 1.29 is 14.5 Å². The molecule has 7 heteroatoms. The molecule has 0 fully saturated rings. The van der Waals surface area contributed by atoms with Crippen LogP contribution < -0.4 is 10.1 Å². The van der Waals surface area contributed by atoms with Gasteiger partial charge in [0.25, 0.3) is 11.6 Å². The van der Waals surface area contributed by atoms with Gasteiger partial charge in [-0.3, -0.25) is 14.9 Å². The molecule has 6 nitrogen and oxygen atoms in total. The summed E-state index contributed by atoms with van der Waals surface area (Å²) in [6, 6.07) is 9.76. The van der Waals surface area contributed by atoms with E-state index in [9.17, 15) is 14.9 Å². The Balaban J connectivity index is 1.66. The number of fused-ring (bicyclic) bond motifs is 1. The fraction of sp³-hybridized carbons (Fsp3) is 0.278. The Morgan fingerprint density at radius 3 is 2.84 bits per heavy atom. The fourth-order valence-electron chi connectivity index (χ4n) is 2.93. The molecule has 0 saturated heterocycles. The Kier molecular flexibility index (Phi) is 5.19. The summed E-state index contributed by atoms with van der Waals surface area (Å²) >= 11 is 5.98. The summed E-state index contributed by atoms with van der Waals surface area (Å²) in [5.74, 6) is 0.299. The summed E-state index contributed by atoms with van der Waals surface area (Å²) in [4.78, 5) is 22.4. The largest absolute Gasteiger partial charge is 0.483 e. The molecule has 1 amide bonds. The second-order valence-corrected chi connectivity index (χ2v) is 6.27. The lowest BCUT2D eigenvalue weighted by molar-refractivity contribution is -0.384. The van der Waals surface area contributed by atoms with Crippen molar-refractivity contribution in [1.82, 2.24) is 0 Å². The van der Waals surface area contributed by atoms with Crippen LogP contribution in [0.5, 0.6) is 5.75 Å². The second-order valence-electron chi connectivity index (χ2n) is 5.86. The van der Waals surface area contributed by atoms with Crippen LogP contribution in [0.3, 0.4) is 0 Å². The van der Waals surface area contributed by atoms with E-state index < -0.39 is 10.8 Å². The highest BCUT2D eigenvalue weighted by Gasteiger charge is 2.16. The number of nitrogens with one attached hydrogen (secondary N) is 1. The van der Waals surface area contributed by atoms with Crippen LogP contribution in [0.2, 0.25) is 5.02 Å². The molecule has 0 saturated carbocycles. The predicted octanol–water partition coefficient (Wildman–Crippen LogP) is 4.14. The number of nitro benzene ring substituents is 1. The minimum absolute atomic E-state index is 0.141. The second kappa shape index (κ2) is 7.53. The number of carbonyl (C=O) groups excluding carboxylic acids is 1. The zero-order valence-corrected chi connectivity index (χ0v) is 14.2. The van der Waals surface area contributed by atoms with E-state index in [1.807, 2.05) is 12.1 Å². The van der Waals surface area contributed by atoms with E-state index >= 15 is 0 Å². The molecular weight excluding hydrogens is 344 g/mol. The first-order chi connectivity index (χ1) is 12.0. The maximum Gasteiger partial charge on any atom is 0.271 e. The van der Waals surface area contributed by atoms with Gasteiger partial charge in [-0.2, -0.15) is 0 Å². The summed E-state index contributed by atoms with van der Waals surface area (Å²) < 4.78 is 5.67. The molecule has 0 bridgehead atoms. The number of anilines is 1. The molecule has 0 atom stereocenters. The van der Waals surface area contributed by atoms with Gasteiger partial charge in [-0.15, -0.1) is 0 Å². The molecule has 2 aromatic rings. The Morgan fingerprint density at radius 1 is 1.24 bits per heavy atom. The fourth-order valence-corrected chi connectivity index (χ4v) is 3.10. The average Bonchev–Trinajstić information content (AvgIpc) is 2.61. The van der Waals surface area contributed by atoms with Crippen molar-refractivity contribution in [1.29, 1.82) is 0 Å². The Bertz CT molecular complexity index is 823. The number of hydrogen-bond donors (Lipinski definition) is 1. The van der Waals surface area contributed by atoms with Crippen molar-refractivity contribution in [2.75, 3.05) is 11.9 Å². The minimum atomic E-state index is -0.543. The van der Waals surface area contributed by atoms with Gasteiger partial charge < -0.3 is 10.1 Å². The van der Waals surface area contributed by atoms with Crippen LogP contribution in [-0.4, -0.2) is 17.4 Å². The van der Waals surface area contributed by atoms with E-state index in [0.29, 0.717) is 0 Å². The predicted molar refractivity (Wildman–Crippen MR) is 95.3 cm³/mol. The topological polar surface area (TPSA) is 81.5 Å². The van der Waals surface area contributed by atoms with Gasteiger partial charge in [0.15, 0.2) is 6.61 Å². The number of ether oxygens (including phenoxy) is 1. The average molecular weight is 361 g/mol. The first-order valence-electron chi connectivity index (χ1n) is 8.02. The molecule has 1 N–H and O–H groups in total.